The van der Waals surface area contributed by atoms with E-state index >= 15 is 0 Å². The number of rotatable bonds is 9. The van der Waals surface area contributed by atoms with E-state index < -0.39 is 16.0 Å². The summed E-state index contributed by atoms with van der Waals surface area (Å²) in [5, 5.41) is 0.948. The molecule has 0 spiro atoms. The number of ether oxygens (including phenoxy) is 1. The molecule has 0 atom stereocenters. The van der Waals surface area contributed by atoms with E-state index in [2.05, 4.69) is 57.3 Å². The molecular weight excluding hydrogens is 440 g/mol. The van der Waals surface area contributed by atoms with Crippen LogP contribution in [0.15, 0.2) is 36.4 Å². The summed E-state index contributed by atoms with van der Waals surface area (Å²) < 4.78 is 35.0. The SMILES string of the molecule is CCC(C)(C)c1ccc(OCS(=O)(=O)Nc2ccc3nc(C)sc3c2)c(C(C)(C)CC)c1. The third-order valence-electron chi connectivity index (χ3n) is 6.40. The number of hydrogen-bond acceptors (Lipinski definition) is 5. The highest BCUT2D eigenvalue weighted by molar-refractivity contribution is 7.92. The molecule has 0 aliphatic heterocycles. The van der Waals surface area contributed by atoms with E-state index in [1.54, 1.807) is 6.07 Å². The molecule has 1 N–H and O–H groups in total. The van der Waals surface area contributed by atoms with Gasteiger partial charge in [-0.05, 0) is 60.4 Å². The molecule has 1 heterocycles. The Balaban J connectivity index is 1.83. The van der Waals surface area contributed by atoms with Gasteiger partial charge in [-0.15, -0.1) is 11.3 Å². The highest BCUT2D eigenvalue weighted by Crippen LogP contribution is 2.38. The average molecular weight is 475 g/mol. The minimum atomic E-state index is -3.69. The van der Waals surface area contributed by atoms with Crippen molar-refractivity contribution in [1.29, 1.82) is 0 Å². The molecule has 0 amide bonds. The zero-order valence-corrected chi connectivity index (χ0v) is 21.7. The van der Waals surface area contributed by atoms with Gasteiger partial charge in [-0.3, -0.25) is 4.72 Å². The van der Waals surface area contributed by atoms with Crippen LogP contribution < -0.4 is 9.46 Å². The van der Waals surface area contributed by atoms with E-state index in [9.17, 15) is 8.42 Å². The lowest BCUT2D eigenvalue weighted by Crippen LogP contribution is -2.24. The molecule has 5 nitrogen and oxygen atoms in total. The van der Waals surface area contributed by atoms with E-state index in [0.29, 0.717) is 11.4 Å². The minimum Gasteiger partial charge on any atom is -0.475 e. The lowest BCUT2D eigenvalue weighted by Gasteiger charge is -2.30. The van der Waals surface area contributed by atoms with Crippen LogP contribution in [0.3, 0.4) is 0 Å². The Kier molecular flexibility index (Phi) is 6.91. The first kappa shape index (κ1) is 24.5. The molecule has 3 aromatic rings. The number of aromatic nitrogens is 1. The Morgan fingerprint density at radius 2 is 1.69 bits per heavy atom. The summed E-state index contributed by atoms with van der Waals surface area (Å²) in [5.41, 5.74) is 3.56. The number of aryl methyl sites for hydroxylation is 1. The van der Waals surface area contributed by atoms with Crippen molar-refractivity contribution in [2.24, 2.45) is 0 Å². The van der Waals surface area contributed by atoms with Crippen LogP contribution in [0.25, 0.3) is 10.2 Å². The van der Waals surface area contributed by atoms with Gasteiger partial charge in [-0.1, -0.05) is 53.7 Å². The van der Waals surface area contributed by atoms with E-state index in [1.165, 1.54) is 16.9 Å². The maximum atomic E-state index is 12.8. The summed E-state index contributed by atoms with van der Waals surface area (Å²) in [5.74, 6) is 0.169. The fourth-order valence-electron chi connectivity index (χ4n) is 3.45. The zero-order valence-electron chi connectivity index (χ0n) is 20.1. The molecule has 1 aromatic heterocycles. The second kappa shape index (κ2) is 9.02. The maximum Gasteiger partial charge on any atom is 0.268 e. The van der Waals surface area contributed by atoms with Crippen molar-refractivity contribution in [3.8, 4) is 5.75 Å². The Labute approximate surface area is 196 Å². The molecule has 32 heavy (non-hydrogen) atoms. The number of nitrogens with one attached hydrogen (secondary N) is 1. The highest BCUT2D eigenvalue weighted by Gasteiger charge is 2.27. The second-order valence-corrected chi connectivity index (χ2v) is 12.5. The summed E-state index contributed by atoms with van der Waals surface area (Å²) in [6.45, 7) is 15.0. The molecule has 7 heteroatoms. The number of nitrogens with zero attached hydrogens (tertiary/aromatic N) is 1. The van der Waals surface area contributed by atoms with E-state index in [4.69, 9.17) is 4.74 Å². The van der Waals surface area contributed by atoms with Crippen LogP contribution in [0.1, 0.15) is 70.5 Å². The predicted octanol–water partition coefficient (Wildman–Crippen LogP) is 6.76. The van der Waals surface area contributed by atoms with Gasteiger partial charge in [0.05, 0.1) is 20.9 Å². The average Bonchev–Trinajstić information content (AvgIpc) is 3.11. The largest absolute Gasteiger partial charge is 0.475 e. The lowest BCUT2D eigenvalue weighted by molar-refractivity contribution is 0.358. The molecule has 0 aliphatic rings. The number of fused-ring (bicyclic) bond motifs is 1. The molecule has 174 valence electrons. The topological polar surface area (TPSA) is 68.3 Å². The van der Waals surface area contributed by atoms with Crippen LogP contribution in [0, 0.1) is 6.92 Å². The molecule has 0 aliphatic carbocycles. The first-order valence-corrected chi connectivity index (χ1v) is 13.5. The molecule has 0 saturated carbocycles. The highest BCUT2D eigenvalue weighted by atomic mass is 32.2. The molecule has 0 radical (unpaired) electrons. The second-order valence-electron chi connectivity index (χ2n) is 9.58. The van der Waals surface area contributed by atoms with Gasteiger partial charge < -0.3 is 4.74 Å². The number of benzene rings is 2. The summed E-state index contributed by atoms with van der Waals surface area (Å²) in [6.07, 6.45) is 1.93. The third-order valence-corrected chi connectivity index (χ3v) is 8.30. The number of anilines is 1. The third kappa shape index (κ3) is 5.44. The molecule has 0 bridgehead atoms. The molecular formula is C25H34N2O3S2. The van der Waals surface area contributed by atoms with Crippen molar-refractivity contribution < 1.29 is 13.2 Å². The van der Waals surface area contributed by atoms with Gasteiger partial charge in [0.1, 0.15) is 5.75 Å². The van der Waals surface area contributed by atoms with Gasteiger partial charge in [0.15, 0.2) is 0 Å². The Morgan fingerprint density at radius 1 is 1.00 bits per heavy atom. The van der Waals surface area contributed by atoms with Gasteiger partial charge in [0, 0.05) is 5.56 Å². The van der Waals surface area contributed by atoms with Gasteiger partial charge in [-0.2, -0.15) is 0 Å². The fourth-order valence-corrected chi connectivity index (χ4v) is 5.15. The Bertz CT molecular complexity index is 1210. The normalized spacial score (nSPS) is 12.8. The van der Waals surface area contributed by atoms with Crippen molar-refractivity contribution >= 4 is 37.3 Å². The van der Waals surface area contributed by atoms with E-state index in [1.807, 2.05) is 31.2 Å². The minimum absolute atomic E-state index is 0.0401. The van der Waals surface area contributed by atoms with Crippen molar-refractivity contribution in [2.45, 2.75) is 72.1 Å². The van der Waals surface area contributed by atoms with Crippen LogP contribution in [0.5, 0.6) is 5.75 Å². The van der Waals surface area contributed by atoms with Crippen LogP contribution in [0.4, 0.5) is 5.69 Å². The standard InChI is InChI=1S/C25H34N2O3S2/c1-8-24(4,5)18-10-13-22(20(14-18)25(6,7)9-2)30-16-32(28,29)27-19-11-12-21-23(15-19)31-17(3)26-21/h10-15,27H,8-9,16H2,1-7H3. The maximum absolute atomic E-state index is 12.8. The van der Waals surface area contributed by atoms with Gasteiger partial charge in [0.2, 0.25) is 5.94 Å². The molecule has 2 aromatic carbocycles. The van der Waals surface area contributed by atoms with Crippen molar-refractivity contribution in [3.05, 3.63) is 52.5 Å². The number of thiazole rings is 1. The Hall–Kier alpha value is -2.12. The monoisotopic (exact) mass is 474 g/mol. The van der Waals surface area contributed by atoms with Crippen LogP contribution in [-0.4, -0.2) is 19.3 Å². The van der Waals surface area contributed by atoms with Crippen LogP contribution in [0.2, 0.25) is 0 Å². The summed E-state index contributed by atoms with van der Waals surface area (Å²) in [6, 6.07) is 11.5. The van der Waals surface area contributed by atoms with E-state index in [-0.39, 0.29) is 10.8 Å². The first-order chi connectivity index (χ1) is 14.9. The molecule has 0 unspecified atom stereocenters. The molecule has 3 rings (SSSR count). The molecule has 0 fully saturated rings. The van der Waals surface area contributed by atoms with Gasteiger partial charge in [0.25, 0.3) is 10.0 Å². The lowest BCUT2D eigenvalue weighted by atomic mass is 9.76. The number of hydrogen-bond donors (Lipinski definition) is 1. The quantitative estimate of drug-likeness (QED) is 0.372. The first-order valence-electron chi connectivity index (χ1n) is 11.0. The Morgan fingerprint density at radius 3 is 2.34 bits per heavy atom. The number of sulfonamides is 1. The van der Waals surface area contributed by atoms with E-state index in [0.717, 1.165) is 33.6 Å². The fraction of sp³-hybridized carbons (Fsp3) is 0.480. The smallest absolute Gasteiger partial charge is 0.268 e. The summed E-state index contributed by atoms with van der Waals surface area (Å²) >= 11 is 1.54. The molecule has 0 saturated heterocycles. The summed E-state index contributed by atoms with van der Waals surface area (Å²) in [7, 11) is -3.69. The van der Waals surface area contributed by atoms with Crippen LogP contribution >= 0.6 is 11.3 Å². The van der Waals surface area contributed by atoms with Gasteiger partial charge in [-0.25, -0.2) is 13.4 Å². The van der Waals surface area contributed by atoms with Gasteiger partial charge >= 0.3 is 0 Å². The zero-order chi connectivity index (χ0) is 23.7. The summed E-state index contributed by atoms with van der Waals surface area (Å²) in [4.78, 5) is 4.41. The van der Waals surface area contributed by atoms with Crippen molar-refractivity contribution in [1.82, 2.24) is 4.98 Å². The van der Waals surface area contributed by atoms with Crippen molar-refractivity contribution in [3.63, 3.8) is 0 Å². The van der Waals surface area contributed by atoms with Crippen LogP contribution in [-0.2, 0) is 20.9 Å². The predicted molar refractivity (Wildman–Crippen MR) is 135 cm³/mol. The van der Waals surface area contributed by atoms with Crippen molar-refractivity contribution in [2.75, 3.05) is 10.7 Å².